The number of benzene rings is 3. The molecule has 0 aliphatic heterocycles. The monoisotopic (exact) mass is 729 g/mol. The van der Waals surface area contributed by atoms with Crippen LogP contribution in [0.25, 0.3) is 33.7 Å². The number of allylic oxidation sites excluding steroid dienone is 1. The third-order valence-electron chi connectivity index (χ3n) is 9.41. The van der Waals surface area contributed by atoms with Crippen molar-refractivity contribution in [1.29, 1.82) is 0 Å². The Balaban J connectivity index is 1.68. The number of anilines is 1. The molecule has 1 amide bonds. The van der Waals surface area contributed by atoms with E-state index in [0.29, 0.717) is 43.0 Å². The first-order valence-corrected chi connectivity index (χ1v) is 17.7. The highest BCUT2D eigenvalue weighted by Gasteiger charge is 2.24. The molecule has 0 saturated heterocycles. The summed E-state index contributed by atoms with van der Waals surface area (Å²) < 4.78 is 10.1. The van der Waals surface area contributed by atoms with E-state index in [4.69, 9.17) is 33.0 Å². The molecule has 51 heavy (non-hydrogen) atoms. The minimum Gasteiger partial charge on any atom is -0.494 e. The Kier molecular flexibility index (Phi) is 11.5. The summed E-state index contributed by atoms with van der Waals surface area (Å²) in [6.45, 7) is 12.7. The van der Waals surface area contributed by atoms with Crippen molar-refractivity contribution < 1.29 is 19.4 Å². The Bertz CT molecular complexity index is 2140. The fourth-order valence-electron chi connectivity index (χ4n) is 6.89. The second kappa shape index (κ2) is 15.7. The van der Waals surface area contributed by atoms with E-state index in [2.05, 4.69) is 16.7 Å². The number of nitrogens with one attached hydrogen (secondary N) is 2. The molecular formula is C40H45Cl2N5O4. The topological polar surface area (TPSA) is 110 Å². The molecule has 0 unspecified atom stereocenters. The molecule has 9 nitrogen and oxygen atoms in total. The van der Waals surface area contributed by atoms with Crippen molar-refractivity contribution in [2.75, 3.05) is 18.5 Å². The van der Waals surface area contributed by atoms with Crippen LogP contribution in [0.15, 0.2) is 42.6 Å². The molecule has 0 fully saturated rings. The summed E-state index contributed by atoms with van der Waals surface area (Å²) in [6, 6.07) is 11.3. The standard InChI is InChI=1S/C40H45Cl2N5O4/c1-22-16-30(17-23(2)37(22)42)51-15-9-10-28(18-29-20-46(7)39-25(4)31(40(49)50)11-12-33(29)39)32-13-14-34(41)36(35-26(5)45-47(8)27(35)6)38(32)44-24(3)19-43-21-48/h11-14,16-18,20-21,24,44H,9-10,15,19H2,1-8H3,(H,43,48)(H,49,50)/b28-18+/t24-/m1/s1. The normalized spacial score (nSPS) is 12.3. The number of aromatic nitrogens is 3. The van der Waals surface area contributed by atoms with E-state index < -0.39 is 5.97 Å². The van der Waals surface area contributed by atoms with Crippen molar-refractivity contribution in [1.82, 2.24) is 19.7 Å². The van der Waals surface area contributed by atoms with E-state index in [9.17, 15) is 14.7 Å². The number of hydrogen-bond acceptors (Lipinski definition) is 5. The van der Waals surface area contributed by atoms with Gasteiger partial charge in [0, 0.05) is 71.2 Å². The molecular weight excluding hydrogens is 685 g/mol. The number of fused-ring (bicyclic) bond motifs is 1. The highest BCUT2D eigenvalue weighted by molar-refractivity contribution is 6.34. The van der Waals surface area contributed by atoms with Gasteiger partial charge >= 0.3 is 5.97 Å². The number of aryl methyl sites for hydroxylation is 6. The van der Waals surface area contributed by atoms with Crippen molar-refractivity contribution in [3.8, 4) is 16.9 Å². The Morgan fingerprint density at radius 3 is 2.33 bits per heavy atom. The van der Waals surface area contributed by atoms with E-state index in [1.54, 1.807) is 6.07 Å². The van der Waals surface area contributed by atoms with Crippen molar-refractivity contribution in [2.45, 2.75) is 60.4 Å². The predicted molar refractivity (Wildman–Crippen MR) is 208 cm³/mol. The number of carboxylic acid groups (broad SMARTS) is 1. The van der Waals surface area contributed by atoms with Gasteiger partial charge < -0.3 is 25.0 Å². The lowest BCUT2D eigenvalue weighted by Crippen LogP contribution is -2.30. The molecule has 0 bridgehead atoms. The minimum absolute atomic E-state index is 0.140. The summed E-state index contributed by atoms with van der Waals surface area (Å²) in [5.41, 5.74) is 11.2. The lowest BCUT2D eigenvalue weighted by Gasteiger charge is -2.24. The van der Waals surface area contributed by atoms with E-state index >= 15 is 0 Å². The summed E-state index contributed by atoms with van der Waals surface area (Å²) in [6.07, 6.45) is 6.25. The van der Waals surface area contributed by atoms with Gasteiger partial charge in [-0.15, -0.1) is 0 Å². The molecule has 3 aromatic carbocycles. The predicted octanol–water partition coefficient (Wildman–Crippen LogP) is 9.07. The van der Waals surface area contributed by atoms with E-state index in [1.165, 1.54) is 0 Å². The number of carboxylic acids is 1. The molecule has 268 valence electrons. The van der Waals surface area contributed by atoms with Crippen LogP contribution < -0.4 is 15.4 Å². The van der Waals surface area contributed by atoms with Crippen molar-refractivity contribution >= 4 is 63.8 Å². The summed E-state index contributed by atoms with van der Waals surface area (Å²) in [5.74, 6) is -0.183. The van der Waals surface area contributed by atoms with Crippen LogP contribution in [0.1, 0.15) is 69.3 Å². The number of nitrogens with zero attached hydrogens (tertiary/aromatic N) is 3. The number of ether oxygens (including phenoxy) is 1. The highest BCUT2D eigenvalue weighted by Crippen LogP contribution is 2.44. The van der Waals surface area contributed by atoms with E-state index in [0.717, 1.165) is 77.7 Å². The molecule has 5 aromatic rings. The number of hydrogen-bond donors (Lipinski definition) is 3. The second-order valence-corrected chi connectivity index (χ2v) is 14.0. The summed E-state index contributed by atoms with van der Waals surface area (Å²) in [4.78, 5) is 23.2. The van der Waals surface area contributed by atoms with Gasteiger partial charge in [0.1, 0.15) is 5.75 Å². The van der Waals surface area contributed by atoms with Crippen LogP contribution in [-0.2, 0) is 18.9 Å². The highest BCUT2D eigenvalue weighted by atomic mass is 35.5. The molecule has 11 heteroatoms. The van der Waals surface area contributed by atoms with Crippen LogP contribution in [0, 0.1) is 34.6 Å². The number of aromatic carboxylic acids is 1. The Morgan fingerprint density at radius 1 is 1.02 bits per heavy atom. The van der Waals surface area contributed by atoms with Crippen molar-refractivity contribution in [3.63, 3.8) is 0 Å². The zero-order chi connectivity index (χ0) is 37.1. The number of amides is 1. The van der Waals surface area contributed by atoms with Crippen molar-refractivity contribution in [2.24, 2.45) is 14.1 Å². The maximum Gasteiger partial charge on any atom is 0.336 e. The smallest absolute Gasteiger partial charge is 0.336 e. The van der Waals surface area contributed by atoms with Crippen LogP contribution >= 0.6 is 23.2 Å². The average molecular weight is 731 g/mol. The second-order valence-electron chi connectivity index (χ2n) is 13.2. The Labute approximate surface area is 309 Å². The Hall–Kier alpha value is -4.73. The average Bonchev–Trinajstić information content (AvgIpc) is 3.53. The van der Waals surface area contributed by atoms with E-state index in [1.807, 2.05) is 101 Å². The van der Waals surface area contributed by atoms with Crippen LogP contribution in [0.4, 0.5) is 5.69 Å². The Morgan fingerprint density at radius 2 is 1.71 bits per heavy atom. The van der Waals surface area contributed by atoms with Gasteiger partial charge in [0.2, 0.25) is 6.41 Å². The SMILES string of the molecule is Cc1cc(OCCC/C(=C\c2cn(C)c3c(C)c(C(=O)O)ccc23)c2ccc(Cl)c(-c3c(C)nn(C)c3C)c2N[C@H](C)CNC=O)cc(C)c1Cl. The molecule has 3 N–H and O–H groups in total. The van der Waals surface area contributed by atoms with Gasteiger partial charge in [0.25, 0.3) is 0 Å². The van der Waals surface area contributed by atoms with Crippen LogP contribution in [0.5, 0.6) is 5.75 Å². The van der Waals surface area contributed by atoms with Gasteiger partial charge in [0.05, 0.1) is 34.1 Å². The third kappa shape index (κ3) is 7.80. The third-order valence-corrected chi connectivity index (χ3v) is 10.3. The van der Waals surface area contributed by atoms with Crippen LogP contribution in [-0.4, -0.2) is 51.0 Å². The van der Waals surface area contributed by atoms with Crippen LogP contribution in [0.3, 0.4) is 0 Å². The summed E-state index contributed by atoms with van der Waals surface area (Å²) >= 11 is 13.5. The van der Waals surface area contributed by atoms with Gasteiger partial charge in [-0.3, -0.25) is 9.48 Å². The maximum absolute atomic E-state index is 12.0. The lowest BCUT2D eigenvalue weighted by atomic mass is 9.91. The van der Waals surface area contributed by atoms with Crippen molar-refractivity contribution in [3.05, 3.63) is 97.4 Å². The number of rotatable bonds is 14. The fraction of sp³-hybridized carbons (Fsp3) is 0.325. The zero-order valence-electron chi connectivity index (χ0n) is 30.4. The number of carbonyl (C=O) groups is 2. The van der Waals surface area contributed by atoms with Crippen LogP contribution in [0.2, 0.25) is 10.0 Å². The van der Waals surface area contributed by atoms with Gasteiger partial charge in [-0.25, -0.2) is 4.79 Å². The molecule has 1 atom stereocenters. The maximum atomic E-state index is 12.0. The first kappa shape index (κ1) is 37.5. The van der Waals surface area contributed by atoms with Gasteiger partial charge in [0.15, 0.2) is 0 Å². The minimum atomic E-state index is -0.956. The zero-order valence-corrected chi connectivity index (χ0v) is 31.9. The first-order valence-electron chi connectivity index (χ1n) is 16.9. The summed E-state index contributed by atoms with van der Waals surface area (Å²) in [7, 11) is 3.85. The molecule has 2 heterocycles. The van der Waals surface area contributed by atoms with Gasteiger partial charge in [-0.1, -0.05) is 35.3 Å². The number of halogens is 2. The molecule has 0 aliphatic carbocycles. The number of carbonyl (C=O) groups excluding carboxylic acids is 1. The summed E-state index contributed by atoms with van der Waals surface area (Å²) in [5, 5.41) is 23.3. The molecule has 0 radical (unpaired) electrons. The van der Waals surface area contributed by atoms with Gasteiger partial charge in [-0.2, -0.15) is 5.10 Å². The molecule has 0 spiro atoms. The molecule has 0 aliphatic rings. The quantitative estimate of drug-likeness (QED) is 0.0777. The largest absolute Gasteiger partial charge is 0.494 e. The van der Waals surface area contributed by atoms with Gasteiger partial charge in [-0.05, 0) is 107 Å². The molecule has 0 saturated carbocycles. The fourth-order valence-corrected chi connectivity index (χ4v) is 7.25. The molecule has 2 aromatic heterocycles. The molecule has 5 rings (SSSR count). The van der Waals surface area contributed by atoms with E-state index in [-0.39, 0.29) is 11.6 Å². The lowest BCUT2D eigenvalue weighted by molar-refractivity contribution is -0.109. The first-order chi connectivity index (χ1) is 24.2.